The van der Waals surface area contributed by atoms with E-state index in [2.05, 4.69) is 103 Å². The standard InChI is InChI=1S/C51H32N2O/c1-3-14-33(15-4-1)35-26-28-42-44(31-35)50(37-27-29-48-43(32-37)39-20-9-12-25-47(39)54-48)41-22-8-7-21-40(41)49(42)36-18-13-19-38(30-36)53-46-24-11-10-23-45(46)52-51(53)34-16-5-2-6-17-34/h1-32H/i2D,5D,6D,16D,17D. The van der Waals surface area contributed by atoms with Crippen LogP contribution in [-0.4, -0.2) is 9.55 Å². The molecular formula is C51H32N2O. The molecule has 0 aliphatic heterocycles. The molecule has 0 spiro atoms. The molecule has 0 atom stereocenters. The maximum Gasteiger partial charge on any atom is 0.145 e. The molecule has 9 aromatic carbocycles. The molecule has 0 N–H and O–H groups in total. The first-order chi connectivity index (χ1) is 28.9. The number of hydrogen-bond acceptors (Lipinski definition) is 2. The van der Waals surface area contributed by atoms with Gasteiger partial charge in [-0.3, -0.25) is 4.57 Å². The number of aromatic nitrogens is 2. The van der Waals surface area contributed by atoms with Gasteiger partial charge in [0.15, 0.2) is 0 Å². The van der Waals surface area contributed by atoms with Crippen LogP contribution in [0, 0.1) is 0 Å². The molecule has 0 aliphatic rings. The van der Waals surface area contributed by atoms with E-state index in [-0.39, 0.29) is 23.5 Å². The van der Waals surface area contributed by atoms with E-state index in [4.69, 9.17) is 16.3 Å². The zero-order chi connectivity index (χ0) is 39.9. The quantitative estimate of drug-likeness (QED) is 0.168. The lowest BCUT2D eigenvalue weighted by Gasteiger charge is -2.19. The first kappa shape index (κ1) is 25.7. The Bertz CT molecular complexity index is 3490. The van der Waals surface area contributed by atoms with E-state index >= 15 is 0 Å². The largest absolute Gasteiger partial charge is 0.456 e. The first-order valence-corrected chi connectivity index (χ1v) is 18.0. The van der Waals surface area contributed by atoms with Crippen LogP contribution < -0.4 is 0 Å². The van der Waals surface area contributed by atoms with Crippen LogP contribution in [-0.2, 0) is 0 Å². The number of fused-ring (bicyclic) bond motifs is 6. The summed E-state index contributed by atoms with van der Waals surface area (Å²) < 4.78 is 51.1. The average Bonchev–Trinajstić information content (AvgIpc) is 3.85. The molecule has 11 rings (SSSR count). The van der Waals surface area contributed by atoms with Gasteiger partial charge in [0.05, 0.1) is 17.9 Å². The van der Waals surface area contributed by atoms with Gasteiger partial charge >= 0.3 is 0 Å². The molecule has 252 valence electrons. The van der Waals surface area contributed by atoms with Gasteiger partial charge in [-0.25, -0.2) is 4.98 Å². The van der Waals surface area contributed by atoms with Gasteiger partial charge in [0.1, 0.15) is 17.0 Å². The number of hydrogen-bond donors (Lipinski definition) is 0. The number of para-hydroxylation sites is 3. The van der Waals surface area contributed by atoms with Crippen LogP contribution in [0.1, 0.15) is 6.85 Å². The molecule has 0 amide bonds. The Morgan fingerprint density at radius 2 is 1.06 bits per heavy atom. The van der Waals surface area contributed by atoms with Crippen molar-refractivity contribution < 1.29 is 11.3 Å². The van der Waals surface area contributed by atoms with Crippen LogP contribution in [0.3, 0.4) is 0 Å². The third-order valence-corrected chi connectivity index (χ3v) is 10.5. The van der Waals surface area contributed by atoms with E-state index in [1.54, 1.807) is 0 Å². The van der Waals surface area contributed by atoms with Crippen LogP contribution in [0.2, 0.25) is 0 Å². The lowest BCUT2D eigenvalue weighted by Crippen LogP contribution is -1.98. The van der Waals surface area contributed by atoms with Gasteiger partial charge in [-0.2, -0.15) is 0 Å². The highest BCUT2D eigenvalue weighted by atomic mass is 16.3. The lowest BCUT2D eigenvalue weighted by molar-refractivity contribution is 0.669. The van der Waals surface area contributed by atoms with Crippen LogP contribution >= 0.6 is 0 Å². The molecular weight excluding hydrogens is 657 g/mol. The predicted molar refractivity (Wildman–Crippen MR) is 225 cm³/mol. The molecule has 0 saturated heterocycles. The monoisotopic (exact) mass is 693 g/mol. The van der Waals surface area contributed by atoms with E-state index in [1.165, 1.54) is 0 Å². The fourth-order valence-corrected chi connectivity index (χ4v) is 8.11. The van der Waals surface area contributed by atoms with E-state index in [0.29, 0.717) is 5.52 Å². The van der Waals surface area contributed by atoms with Crippen molar-refractivity contribution in [2.75, 3.05) is 0 Å². The summed E-state index contributed by atoms with van der Waals surface area (Å²) in [4.78, 5) is 4.90. The van der Waals surface area contributed by atoms with Crippen LogP contribution in [0.25, 0.3) is 105 Å². The Balaban J connectivity index is 1.20. The molecule has 2 heterocycles. The molecule has 0 bridgehead atoms. The van der Waals surface area contributed by atoms with Crippen molar-refractivity contribution in [3.05, 3.63) is 194 Å². The first-order valence-electron chi connectivity index (χ1n) is 20.5. The number of furan rings is 1. The van der Waals surface area contributed by atoms with Crippen molar-refractivity contribution >= 4 is 54.5 Å². The third-order valence-electron chi connectivity index (χ3n) is 10.5. The van der Waals surface area contributed by atoms with Crippen molar-refractivity contribution in [3.63, 3.8) is 0 Å². The second kappa shape index (κ2) is 12.2. The van der Waals surface area contributed by atoms with Gasteiger partial charge in [0, 0.05) is 22.0 Å². The molecule has 11 aromatic rings. The molecule has 0 aliphatic carbocycles. The summed E-state index contributed by atoms with van der Waals surface area (Å²) in [6.45, 7) is 0. The predicted octanol–water partition coefficient (Wildman–Crippen LogP) is 13.9. The topological polar surface area (TPSA) is 31.0 Å². The number of benzene rings is 9. The van der Waals surface area contributed by atoms with Crippen molar-refractivity contribution in [2.45, 2.75) is 0 Å². The molecule has 3 heteroatoms. The summed E-state index contributed by atoms with van der Waals surface area (Å²) in [5.74, 6) is 0.278. The summed E-state index contributed by atoms with van der Waals surface area (Å²) in [6, 6.07) is 54.4. The summed E-state index contributed by atoms with van der Waals surface area (Å²) in [6.07, 6.45) is 0. The van der Waals surface area contributed by atoms with Crippen molar-refractivity contribution in [1.82, 2.24) is 9.55 Å². The number of nitrogens with zero attached hydrogens (tertiary/aromatic N) is 2. The molecule has 0 saturated carbocycles. The van der Waals surface area contributed by atoms with E-state index in [1.807, 2.05) is 65.2 Å². The minimum absolute atomic E-state index is 0.0497. The highest BCUT2D eigenvalue weighted by Gasteiger charge is 2.20. The van der Waals surface area contributed by atoms with Crippen LogP contribution in [0.15, 0.2) is 198 Å². The van der Waals surface area contributed by atoms with Gasteiger partial charge in [0.25, 0.3) is 0 Å². The van der Waals surface area contributed by atoms with Crippen molar-refractivity contribution in [3.8, 4) is 50.5 Å². The second-order valence-corrected chi connectivity index (χ2v) is 13.5. The summed E-state index contributed by atoms with van der Waals surface area (Å²) in [5.41, 5.74) is 10.4. The maximum absolute atomic E-state index is 8.88. The molecule has 0 fully saturated rings. The van der Waals surface area contributed by atoms with Crippen molar-refractivity contribution in [2.24, 2.45) is 0 Å². The number of rotatable bonds is 5. The normalized spacial score (nSPS) is 13.0. The van der Waals surface area contributed by atoms with Crippen molar-refractivity contribution in [1.29, 1.82) is 0 Å². The van der Waals surface area contributed by atoms with E-state index < -0.39 is 18.1 Å². The molecule has 0 radical (unpaired) electrons. The van der Waals surface area contributed by atoms with Gasteiger partial charge in [-0.05, 0) is 103 Å². The lowest BCUT2D eigenvalue weighted by atomic mass is 9.84. The Hall–Kier alpha value is -7.23. The molecule has 2 aromatic heterocycles. The minimum Gasteiger partial charge on any atom is -0.456 e. The third kappa shape index (κ3) is 4.79. The zero-order valence-electron chi connectivity index (χ0n) is 33.9. The van der Waals surface area contributed by atoms with Crippen LogP contribution in [0.4, 0.5) is 0 Å². The molecule has 3 nitrogen and oxygen atoms in total. The zero-order valence-corrected chi connectivity index (χ0v) is 28.9. The Morgan fingerprint density at radius 1 is 0.426 bits per heavy atom. The Morgan fingerprint density at radius 3 is 1.91 bits per heavy atom. The van der Waals surface area contributed by atoms with E-state index in [0.717, 1.165) is 88.1 Å². The van der Waals surface area contributed by atoms with Gasteiger partial charge in [-0.15, -0.1) is 0 Å². The SMILES string of the molecule is [2H]c1c([2H])c([2H])c(-c2nc3ccccc3n2-c2cccc(-c3c4ccccc4c(-c4ccc5oc6ccccc6c5c4)c4cc(-c5ccccc5)ccc34)c2)c([2H])c1[2H]. The average molecular weight is 694 g/mol. The summed E-state index contributed by atoms with van der Waals surface area (Å²) >= 11 is 0. The smallest absolute Gasteiger partial charge is 0.145 e. The fraction of sp³-hybridized carbons (Fsp3) is 0. The maximum atomic E-state index is 8.88. The number of imidazole rings is 1. The van der Waals surface area contributed by atoms with Gasteiger partial charge in [0.2, 0.25) is 0 Å². The summed E-state index contributed by atoms with van der Waals surface area (Å²) in [7, 11) is 0. The Kier molecular flexibility index (Phi) is 5.79. The highest BCUT2D eigenvalue weighted by molar-refractivity contribution is 6.22. The Labute approximate surface area is 319 Å². The molecule has 0 unspecified atom stereocenters. The minimum atomic E-state index is -0.441. The van der Waals surface area contributed by atoms with Gasteiger partial charge in [-0.1, -0.05) is 145 Å². The summed E-state index contributed by atoms with van der Waals surface area (Å²) in [5, 5.41) is 6.50. The highest BCUT2D eigenvalue weighted by Crippen LogP contribution is 2.46. The van der Waals surface area contributed by atoms with Gasteiger partial charge < -0.3 is 4.42 Å². The fourth-order valence-electron chi connectivity index (χ4n) is 8.11. The van der Waals surface area contributed by atoms with E-state index in [9.17, 15) is 0 Å². The molecule has 54 heavy (non-hydrogen) atoms. The van der Waals surface area contributed by atoms with Crippen LogP contribution in [0.5, 0.6) is 0 Å². The second-order valence-electron chi connectivity index (χ2n) is 13.5.